The fraction of sp³-hybridized carbons (Fsp3) is 0.429. The summed E-state index contributed by atoms with van der Waals surface area (Å²) in [5, 5.41) is 1.16. The number of para-hydroxylation sites is 1. The third-order valence-electron chi connectivity index (χ3n) is 5.12. The first-order valence-corrected chi connectivity index (χ1v) is 9.12. The number of fused-ring (bicyclic) bond motifs is 1. The van der Waals surface area contributed by atoms with Gasteiger partial charge in [0.15, 0.2) is 11.5 Å². The molecule has 0 N–H and O–H groups in total. The quantitative estimate of drug-likeness (QED) is 0.848. The van der Waals surface area contributed by atoms with Crippen molar-refractivity contribution < 1.29 is 14.3 Å². The molecule has 1 amide bonds. The van der Waals surface area contributed by atoms with E-state index in [1.165, 1.54) is 6.08 Å². The van der Waals surface area contributed by atoms with E-state index in [1.54, 1.807) is 0 Å². The molecule has 1 aliphatic heterocycles. The number of amides is 1. The highest BCUT2D eigenvalue weighted by Gasteiger charge is 2.39. The number of carbonyl (C=O) groups excluding carboxylic acids is 2. The Balaban J connectivity index is 1.63. The summed E-state index contributed by atoms with van der Waals surface area (Å²) in [5.41, 5.74) is 1.59. The molecule has 0 unspecified atom stereocenters. The Hall–Kier alpha value is -2.56. The number of rotatable bonds is 4. The number of ketones is 1. The zero-order valence-corrected chi connectivity index (χ0v) is 15.5. The van der Waals surface area contributed by atoms with Crippen molar-refractivity contribution in [2.24, 2.45) is 7.05 Å². The number of carbonyl (C=O) groups is 2. The lowest BCUT2D eigenvalue weighted by atomic mass is 9.98. The number of ether oxygens (including phenoxy) is 1. The van der Waals surface area contributed by atoms with Crippen LogP contribution in [0, 0.1) is 0 Å². The number of aromatic nitrogens is 1. The maximum atomic E-state index is 13.1. The summed E-state index contributed by atoms with van der Waals surface area (Å²) in [7, 11) is 2.02. The van der Waals surface area contributed by atoms with Gasteiger partial charge in [-0.05, 0) is 44.2 Å². The van der Waals surface area contributed by atoms with Gasteiger partial charge in [-0.1, -0.05) is 18.2 Å². The van der Waals surface area contributed by atoms with Gasteiger partial charge in [-0.2, -0.15) is 0 Å². The number of benzene rings is 1. The molecule has 1 aromatic carbocycles. The van der Waals surface area contributed by atoms with Gasteiger partial charge in [0.25, 0.3) is 5.91 Å². The number of hydrogen-bond acceptors (Lipinski definition) is 3. The van der Waals surface area contributed by atoms with Gasteiger partial charge in [-0.15, -0.1) is 0 Å². The maximum Gasteiger partial charge on any atom is 0.289 e. The Bertz CT molecular complexity index is 918. The van der Waals surface area contributed by atoms with Crippen LogP contribution >= 0.6 is 0 Å². The molecule has 0 saturated heterocycles. The minimum atomic E-state index is -0.633. The molecule has 5 nitrogen and oxygen atoms in total. The van der Waals surface area contributed by atoms with Crippen LogP contribution in [0.4, 0.5) is 0 Å². The third kappa shape index (κ3) is 3.14. The lowest BCUT2D eigenvalue weighted by Gasteiger charge is -2.32. The summed E-state index contributed by atoms with van der Waals surface area (Å²) in [4.78, 5) is 27.0. The fourth-order valence-corrected chi connectivity index (χ4v) is 3.65. The van der Waals surface area contributed by atoms with Gasteiger partial charge >= 0.3 is 0 Å². The molecule has 0 bridgehead atoms. The summed E-state index contributed by atoms with van der Waals surface area (Å²) in [6, 6.07) is 10.6. The van der Waals surface area contributed by atoms with E-state index in [4.69, 9.17) is 4.74 Å². The van der Waals surface area contributed by atoms with Crippen LogP contribution in [0.2, 0.25) is 0 Å². The molecular formula is C21H24N2O3. The van der Waals surface area contributed by atoms with Crippen LogP contribution in [-0.4, -0.2) is 32.8 Å². The first-order chi connectivity index (χ1) is 12.3. The van der Waals surface area contributed by atoms with Crippen LogP contribution in [0.1, 0.15) is 38.8 Å². The first-order valence-electron chi connectivity index (χ1n) is 9.12. The number of nitrogens with zero attached hydrogens (tertiary/aromatic N) is 2. The zero-order chi connectivity index (χ0) is 18.5. The molecule has 2 aliphatic rings. The van der Waals surface area contributed by atoms with E-state index >= 15 is 0 Å². The highest BCUT2D eigenvalue weighted by molar-refractivity contribution is 6.02. The average Bonchev–Trinajstić information content (AvgIpc) is 3.36. The van der Waals surface area contributed by atoms with E-state index in [-0.39, 0.29) is 23.5 Å². The molecule has 1 aliphatic carbocycles. The van der Waals surface area contributed by atoms with E-state index in [2.05, 4.69) is 22.8 Å². The normalized spacial score (nSPS) is 19.2. The predicted molar refractivity (Wildman–Crippen MR) is 99.4 cm³/mol. The second-order valence-corrected chi connectivity index (χ2v) is 7.93. The van der Waals surface area contributed by atoms with Gasteiger partial charge < -0.3 is 14.2 Å². The zero-order valence-electron chi connectivity index (χ0n) is 15.5. The molecule has 0 spiro atoms. The second kappa shape index (κ2) is 6.01. The molecule has 0 atom stereocenters. The minimum absolute atomic E-state index is 0.0510. The lowest BCUT2D eigenvalue weighted by Crippen LogP contribution is -2.40. The van der Waals surface area contributed by atoms with Crippen molar-refractivity contribution >= 4 is 22.6 Å². The molecule has 1 aromatic heterocycles. The van der Waals surface area contributed by atoms with Crippen LogP contribution in [0.5, 0.6) is 0 Å². The molecule has 2 heterocycles. The van der Waals surface area contributed by atoms with Gasteiger partial charge in [-0.3, -0.25) is 9.59 Å². The summed E-state index contributed by atoms with van der Waals surface area (Å²) in [6.07, 6.45) is 3.67. The van der Waals surface area contributed by atoms with Crippen LogP contribution < -0.4 is 0 Å². The van der Waals surface area contributed by atoms with Crippen molar-refractivity contribution in [3.8, 4) is 0 Å². The molecule has 136 valence electrons. The smallest absolute Gasteiger partial charge is 0.289 e. The SMILES string of the molecule is Cn1c(CN(C(=O)C2=CC(=O)CC(C)(C)O2)C2CC2)cc2ccccc21. The summed E-state index contributed by atoms with van der Waals surface area (Å²) < 4.78 is 7.96. The summed E-state index contributed by atoms with van der Waals surface area (Å²) in [6.45, 7) is 4.21. The van der Waals surface area contributed by atoms with Crippen molar-refractivity contribution in [2.45, 2.75) is 51.3 Å². The molecule has 5 heteroatoms. The summed E-state index contributed by atoms with van der Waals surface area (Å²) >= 11 is 0. The van der Waals surface area contributed by atoms with Gasteiger partial charge in [0.1, 0.15) is 5.60 Å². The predicted octanol–water partition coefficient (Wildman–Crippen LogP) is 3.32. The van der Waals surface area contributed by atoms with Gasteiger partial charge in [0.05, 0.1) is 6.54 Å². The van der Waals surface area contributed by atoms with Gasteiger partial charge in [-0.25, -0.2) is 0 Å². The lowest BCUT2D eigenvalue weighted by molar-refractivity contribution is -0.139. The van der Waals surface area contributed by atoms with Gasteiger partial charge in [0.2, 0.25) is 0 Å². The van der Waals surface area contributed by atoms with Crippen molar-refractivity contribution in [3.05, 3.63) is 47.9 Å². The van der Waals surface area contributed by atoms with Gasteiger partial charge in [0, 0.05) is 36.8 Å². The van der Waals surface area contributed by atoms with E-state index in [0.29, 0.717) is 13.0 Å². The highest BCUT2D eigenvalue weighted by atomic mass is 16.5. The number of aryl methyl sites for hydroxylation is 1. The fourth-order valence-electron chi connectivity index (χ4n) is 3.65. The van der Waals surface area contributed by atoms with Crippen molar-refractivity contribution in [3.63, 3.8) is 0 Å². The van der Waals surface area contributed by atoms with Crippen LogP contribution in [0.15, 0.2) is 42.2 Å². The maximum absolute atomic E-state index is 13.1. The summed E-state index contributed by atoms with van der Waals surface area (Å²) in [5.74, 6) is -0.0549. The Kier molecular flexibility index (Phi) is 3.90. The Labute approximate surface area is 153 Å². The van der Waals surface area contributed by atoms with Crippen LogP contribution in [0.25, 0.3) is 10.9 Å². The minimum Gasteiger partial charge on any atom is -0.481 e. The standard InChI is InChI=1S/C21H24N2O3/c1-21(2)12-17(24)11-19(26-21)20(25)23(15-8-9-15)13-16-10-14-6-4-5-7-18(14)22(16)3/h4-7,10-11,15H,8-9,12-13H2,1-3H3. The Morgan fingerprint density at radius 2 is 2.04 bits per heavy atom. The topological polar surface area (TPSA) is 51.5 Å². The van der Waals surface area contributed by atoms with Crippen molar-refractivity contribution in [1.82, 2.24) is 9.47 Å². The van der Waals surface area contributed by atoms with E-state index < -0.39 is 5.60 Å². The van der Waals surface area contributed by atoms with E-state index in [1.807, 2.05) is 37.9 Å². The second-order valence-electron chi connectivity index (χ2n) is 7.93. The Morgan fingerprint density at radius 3 is 2.69 bits per heavy atom. The molecule has 4 rings (SSSR count). The molecule has 0 radical (unpaired) electrons. The van der Waals surface area contributed by atoms with Crippen LogP contribution in [-0.2, 0) is 27.9 Å². The average molecular weight is 352 g/mol. The Morgan fingerprint density at radius 1 is 1.31 bits per heavy atom. The molecule has 1 saturated carbocycles. The molecule has 2 aromatic rings. The van der Waals surface area contributed by atoms with Crippen molar-refractivity contribution in [2.75, 3.05) is 0 Å². The largest absolute Gasteiger partial charge is 0.481 e. The van der Waals surface area contributed by atoms with Crippen LogP contribution in [0.3, 0.4) is 0 Å². The first kappa shape index (κ1) is 16.9. The molecule has 1 fully saturated rings. The van der Waals surface area contributed by atoms with Crippen molar-refractivity contribution in [1.29, 1.82) is 0 Å². The molecular weight excluding hydrogens is 328 g/mol. The van der Waals surface area contributed by atoms with E-state index in [9.17, 15) is 9.59 Å². The highest BCUT2D eigenvalue weighted by Crippen LogP contribution is 2.33. The van der Waals surface area contributed by atoms with E-state index in [0.717, 1.165) is 29.4 Å². The monoisotopic (exact) mass is 352 g/mol. The number of allylic oxidation sites excluding steroid dienone is 1. The number of hydrogen-bond donors (Lipinski definition) is 0. The third-order valence-corrected chi connectivity index (χ3v) is 5.12. The molecule has 26 heavy (non-hydrogen) atoms.